The van der Waals surface area contributed by atoms with E-state index in [-0.39, 0.29) is 12.3 Å². The number of halogens is 5. The number of benzene rings is 1. The lowest BCUT2D eigenvalue weighted by Gasteiger charge is -2.23. The first kappa shape index (κ1) is 14.0. The van der Waals surface area contributed by atoms with Gasteiger partial charge in [0.15, 0.2) is 23.3 Å². The van der Waals surface area contributed by atoms with Gasteiger partial charge < -0.3 is 5.11 Å². The van der Waals surface area contributed by atoms with Gasteiger partial charge >= 0.3 is 0 Å². The van der Waals surface area contributed by atoms with Crippen LogP contribution in [0, 0.1) is 35.0 Å². The highest BCUT2D eigenvalue weighted by Gasteiger charge is 2.42. The fourth-order valence-corrected chi connectivity index (χ4v) is 2.36. The Labute approximate surface area is 106 Å². The van der Waals surface area contributed by atoms with Crippen molar-refractivity contribution in [2.45, 2.75) is 25.9 Å². The van der Waals surface area contributed by atoms with Crippen LogP contribution in [0.2, 0.25) is 0 Å². The first-order chi connectivity index (χ1) is 8.69. The van der Waals surface area contributed by atoms with Crippen LogP contribution in [0.4, 0.5) is 22.0 Å². The zero-order chi connectivity index (χ0) is 14.5. The minimum Gasteiger partial charge on any atom is -0.381 e. The normalized spacial score (nSPS) is 26.7. The molecule has 19 heavy (non-hydrogen) atoms. The van der Waals surface area contributed by atoms with Gasteiger partial charge in [0, 0.05) is 0 Å². The number of hydrogen-bond acceptors (Lipinski definition) is 1. The van der Waals surface area contributed by atoms with Crippen molar-refractivity contribution in [2.24, 2.45) is 5.92 Å². The van der Waals surface area contributed by atoms with Gasteiger partial charge in [0.1, 0.15) is 5.60 Å². The van der Waals surface area contributed by atoms with Crippen molar-refractivity contribution in [1.29, 1.82) is 0 Å². The predicted molar refractivity (Wildman–Crippen MR) is 57.7 cm³/mol. The van der Waals surface area contributed by atoms with Crippen LogP contribution in [0.25, 0.3) is 0 Å². The van der Waals surface area contributed by atoms with E-state index in [9.17, 15) is 27.1 Å². The van der Waals surface area contributed by atoms with E-state index in [1.54, 1.807) is 13.8 Å². The van der Waals surface area contributed by atoms with Crippen LogP contribution in [0.15, 0.2) is 11.6 Å². The third kappa shape index (κ3) is 1.94. The summed E-state index contributed by atoms with van der Waals surface area (Å²) in [5.41, 5.74) is -2.73. The van der Waals surface area contributed by atoms with Crippen LogP contribution >= 0.6 is 0 Å². The van der Waals surface area contributed by atoms with E-state index >= 15 is 0 Å². The van der Waals surface area contributed by atoms with Crippen LogP contribution in [0.5, 0.6) is 0 Å². The Bertz CT molecular complexity index is 552. The Morgan fingerprint density at radius 2 is 1.42 bits per heavy atom. The van der Waals surface area contributed by atoms with Crippen LogP contribution in [-0.2, 0) is 5.60 Å². The van der Waals surface area contributed by atoms with E-state index in [4.69, 9.17) is 0 Å². The van der Waals surface area contributed by atoms with Crippen LogP contribution < -0.4 is 0 Å². The number of rotatable bonds is 1. The molecule has 1 aliphatic rings. The molecule has 1 aromatic carbocycles. The molecule has 2 atom stereocenters. The molecule has 0 saturated heterocycles. The summed E-state index contributed by atoms with van der Waals surface area (Å²) in [6.07, 6.45) is 1.01. The van der Waals surface area contributed by atoms with Gasteiger partial charge in [-0.05, 0) is 25.3 Å². The maximum Gasteiger partial charge on any atom is 0.200 e. The van der Waals surface area contributed by atoms with Gasteiger partial charge in [0.2, 0.25) is 5.82 Å². The van der Waals surface area contributed by atoms with Crippen molar-refractivity contribution in [2.75, 3.05) is 0 Å². The third-order valence-corrected chi connectivity index (χ3v) is 3.50. The van der Waals surface area contributed by atoms with Crippen molar-refractivity contribution in [3.63, 3.8) is 0 Å². The second kappa shape index (κ2) is 4.30. The minimum atomic E-state index is -2.23. The summed E-state index contributed by atoms with van der Waals surface area (Å²) in [4.78, 5) is 0. The van der Waals surface area contributed by atoms with E-state index < -0.39 is 40.3 Å². The van der Waals surface area contributed by atoms with Gasteiger partial charge in [0.25, 0.3) is 0 Å². The highest BCUT2D eigenvalue weighted by molar-refractivity contribution is 5.37. The highest BCUT2D eigenvalue weighted by Crippen LogP contribution is 2.43. The molecule has 0 aliphatic heterocycles. The molecule has 2 rings (SSSR count). The molecular formula is C13H11F5O. The van der Waals surface area contributed by atoms with Crippen LogP contribution in [0.3, 0.4) is 0 Å². The summed E-state index contributed by atoms with van der Waals surface area (Å²) in [5.74, 6) is -10.5. The van der Waals surface area contributed by atoms with Crippen molar-refractivity contribution < 1.29 is 27.1 Å². The van der Waals surface area contributed by atoms with Crippen molar-refractivity contribution in [3.8, 4) is 0 Å². The lowest BCUT2D eigenvalue weighted by atomic mass is 9.90. The topological polar surface area (TPSA) is 20.2 Å². The first-order valence-electron chi connectivity index (χ1n) is 5.62. The Hall–Kier alpha value is -1.43. The zero-order valence-corrected chi connectivity index (χ0v) is 10.2. The smallest absolute Gasteiger partial charge is 0.200 e. The zero-order valence-electron chi connectivity index (χ0n) is 10.2. The van der Waals surface area contributed by atoms with Crippen molar-refractivity contribution in [1.82, 2.24) is 0 Å². The maximum absolute atomic E-state index is 13.6. The first-order valence-corrected chi connectivity index (χ1v) is 5.62. The molecule has 6 heteroatoms. The molecule has 104 valence electrons. The van der Waals surface area contributed by atoms with Gasteiger partial charge in [-0.2, -0.15) is 0 Å². The molecule has 0 bridgehead atoms. The second-order valence-corrected chi connectivity index (χ2v) is 4.86. The molecule has 0 heterocycles. The summed E-state index contributed by atoms with van der Waals surface area (Å²) in [7, 11) is 0. The van der Waals surface area contributed by atoms with E-state index in [0.717, 1.165) is 6.08 Å². The average molecular weight is 278 g/mol. The molecule has 0 aromatic heterocycles. The lowest BCUT2D eigenvalue weighted by Crippen LogP contribution is -2.26. The number of aliphatic hydroxyl groups is 1. The fourth-order valence-electron chi connectivity index (χ4n) is 2.36. The molecule has 1 aliphatic carbocycles. The highest BCUT2D eigenvalue weighted by atomic mass is 19.2. The minimum absolute atomic E-state index is 0.128. The van der Waals surface area contributed by atoms with E-state index in [1.807, 2.05) is 0 Å². The quantitative estimate of drug-likeness (QED) is 0.360. The SMILES string of the molecule is CC1=CC(O)(c2c(F)c(F)c(F)c(F)c2F)CC1C. The molecule has 2 unspecified atom stereocenters. The third-order valence-electron chi connectivity index (χ3n) is 3.50. The molecule has 0 radical (unpaired) electrons. The molecule has 0 amide bonds. The summed E-state index contributed by atoms with van der Waals surface area (Å²) in [5, 5.41) is 10.2. The molecule has 0 spiro atoms. The molecular weight excluding hydrogens is 267 g/mol. The van der Waals surface area contributed by atoms with E-state index in [0.29, 0.717) is 5.57 Å². The van der Waals surface area contributed by atoms with Gasteiger partial charge in [0.05, 0.1) is 5.56 Å². The van der Waals surface area contributed by atoms with Gasteiger partial charge in [-0.25, -0.2) is 22.0 Å². The molecule has 0 saturated carbocycles. The van der Waals surface area contributed by atoms with Crippen molar-refractivity contribution >= 4 is 0 Å². The largest absolute Gasteiger partial charge is 0.381 e. The predicted octanol–water partition coefficient (Wildman–Crippen LogP) is 3.56. The number of allylic oxidation sites excluding steroid dienone is 1. The molecule has 0 fully saturated rings. The Morgan fingerprint density at radius 1 is 1.00 bits per heavy atom. The molecule has 1 aromatic rings. The summed E-state index contributed by atoms with van der Waals surface area (Å²) >= 11 is 0. The van der Waals surface area contributed by atoms with E-state index in [2.05, 4.69) is 0 Å². The summed E-state index contributed by atoms with van der Waals surface area (Å²) < 4.78 is 66.5. The Kier molecular flexibility index (Phi) is 3.16. The summed E-state index contributed by atoms with van der Waals surface area (Å²) in [6.45, 7) is 3.31. The van der Waals surface area contributed by atoms with Crippen LogP contribution in [0.1, 0.15) is 25.8 Å². The van der Waals surface area contributed by atoms with Gasteiger partial charge in [-0.15, -0.1) is 0 Å². The van der Waals surface area contributed by atoms with Gasteiger partial charge in [-0.3, -0.25) is 0 Å². The Balaban J connectivity index is 2.72. The van der Waals surface area contributed by atoms with Crippen molar-refractivity contribution in [3.05, 3.63) is 46.3 Å². The monoisotopic (exact) mass is 278 g/mol. The second-order valence-electron chi connectivity index (χ2n) is 4.86. The fraction of sp³-hybridized carbons (Fsp3) is 0.385. The van der Waals surface area contributed by atoms with Crippen LogP contribution in [-0.4, -0.2) is 5.11 Å². The standard InChI is InChI=1S/C13H11F5O/c1-5-3-13(19,4-6(5)2)7-8(14)10(16)12(18)11(17)9(7)15/h3,6,19H,4H2,1-2H3. The lowest BCUT2D eigenvalue weighted by molar-refractivity contribution is 0.0703. The maximum atomic E-state index is 13.6. The van der Waals surface area contributed by atoms with Gasteiger partial charge in [-0.1, -0.05) is 12.5 Å². The number of hydrogen-bond donors (Lipinski definition) is 1. The summed E-state index contributed by atoms with van der Waals surface area (Å²) in [6, 6.07) is 0. The Morgan fingerprint density at radius 3 is 1.79 bits per heavy atom. The van der Waals surface area contributed by atoms with E-state index in [1.165, 1.54) is 0 Å². The average Bonchev–Trinajstić information content (AvgIpc) is 2.59. The molecule has 1 nitrogen and oxygen atoms in total. The molecule has 1 N–H and O–H groups in total.